The molecule has 0 spiro atoms. The van der Waals surface area contributed by atoms with E-state index in [2.05, 4.69) is 23.8 Å². The maximum absolute atomic E-state index is 11.4. The van der Waals surface area contributed by atoms with Crippen molar-refractivity contribution in [3.63, 3.8) is 0 Å². The van der Waals surface area contributed by atoms with Gasteiger partial charge in [-0.3, -0.25) is 14.4 Å². The van der Waals surface area contributed by atoms with Gasteiger partial charge >= 0.3 is 11.9 Å². The zero-order valence-electron chi connectivity index (χ0n) is 18.9. The second-order valence-corrected chi connectivity index (χ2v) is 8.06. The number of esters is 2. The fraction of sp³-hybridized carbons (Fsp3) is 0.400. The number of ketones is 1. The molecule has 1 aliphatic rings. The summed E-state index contributed by atoms with van der Waals surface area (Å²) in [4.78, 5) is 32.6. The van der Waals surface area contributed by atoms with Crippen LogP contribution >= 0.6 is 23.2 Å². The largest absolute Gasteiger partial charge is 0.469 e. The maximum atomic E-state index is 11.4. The van der Waals surface area contributed by atoms with Crippen molar-refractivity contribution in [2.24, 2.45) is 5.92 Å². The van der Waals surface area contributed by atoms with Gasteiger partial charge in [0.1, 0.15) is 11.9 Å². The summed E-state index contributed by atoms with van der Waals surface area (Å²) >= 11 is 11.5. The molecule has 0 bridgehead atoms. The smallest absolute Gasteiger partial charge is 0.307 e. The van der Waals surface area contributed by atoms with E-state index >= 15 is 0 Å². The molecule has 0 aliphatic carbocycles. The Labute approximate surface area is 200 Å². The lowest BCUT2D eigenvalue weighted by Crippen LogP contribution is -2.15. The van der Waals surface area contributed by atoms with Gasteiger partial charge in [-0.2, -0.15) is 0 Å². The van der Waals surface area contributed by atoms with Gasteiger partial charge in [0.25, 0.3) is 0 Å². The van der Waals surface area contributed by atoms with Gasteiger partial charge in [0.2, 0.25) is 0 Å². The third kappa shape index (κ3) is 9.84. The van der Waals surface area contributed by atoms with E-state index in [1.54, 1.807) is 31.2 Å². The van der Waals surface area contributed by atoms with Crippen LogP contribution in [-0.2, 0) is 30.3 Å². The van der Waals surface area contributed by atoms with Gasteiger partial charge in [0.15, 0.2) is 0 Å². The normalized spacial score (nSPS) is 16.6. The number of Topliss-reactive ketones (excluding diaryl/α,β-unsaturated/α-hetero) is 1. The summed E-state index contributed by atoms with van der Waals surface area (Å²) in [5, 5.41) is 1.44. The number of cyclic esters (lactones) is 1. The van der Waals surface area contributed by atoms with E-state index in [9.17, 15) is 14.4 Å². The number of halogens is 2. The van der Waals surface area contributed by atoms with Crippen LogP contribution in [0.4, 0.5) is 0 Å². The fourth-order valence-corrected chi connectivity index (χ4v) is 3.20. The second-order valence-electron chi connectivity index (χ2n) is 7.19. The average Bonchev–Trinajstić information content (AvgIpc) is 3.18. The Balaban J connectivity index is 0.000000273. The third-order valence-corrected chi connectivity index (χ3v) is 5.20. The number of methoxy groups -OCH3 is 1. The molecular weight excluding hydrogens is 451 g/mol. The molecule has 0 unspecified atom stereocenters. The van der Waals surface area contributed by atoms with Crippen LogP contribution in [0.2, 0.25) is 10.0 Å². The predicted octanol–water partition coefficient (Wildman–Crippen LogP) is 6.40. The number of hydrogen-bond donors (Lipinski definition) is 0. The van der Waals surface area contributed by atoms with Gasteiger partial charge in [-0.05, 0) is 48.7 Å². The highest BCUT2D eigenvalue weighted by molar-refractivity contribution is 6.30. The van der Waals surface area contributed by atoms with E-state index < -0.39 is 6.10 Å². The lowest BCUT2D eigenvalue weighted by molar-refractivity contribution is -0.142. The van der Waals surface area contributed by atoms with Crippen molar-refractivity contribution >= 4 is 40.9 Å². The van der Waals surface area contributed by atoms with Crippen molar-refractivity contribution < 1.29 is 23.9 Å². The zero-order chi connectivity index (χ0) is 24.1. The minimum absolute atomic E-state index is 0.0224. The molecular formula is C25H30Cl2O5. The average molecular weight is 481 g/mol. The first-order valence-corrected chi connectivity index (χ1v) is 11.2. The molecule has 2 aromatic carbocycles. The number of ether oxygens (including phenoxy) is 2. The van der Waals surface area contributed by atoms with Crippen molar-refractivity contribution in [1.82, 2.24) is 0 Å². The number of carbonyl (C=O) groups is 3. The lowest BCUT2D eigenvalue weighted by atomic mass is 9.92. The van der Waals surface area contributed by atoms with E-state index in [0.717, 1.165) is 17.0 Å². The fourth-order valence-electron chi connectivity index (χ4n) is 2.95. The van der Waals surface area contributed by atoms with Crippen molar-refractivity contribution in [2.45, 2.75) is 52.6 Å². The first-order chi connectivity index (χ1) is 15.2. The van der Waals surface area contributed by atoms with Crippen molar-refractivity contribution in [3.8, 4) is 0 Å². The van der Waals surface area contributed by atoms with E-state index in [1.807, 2.05) is 12.1 Å². The Hall–Kier alpha value is -2.37. The molecule has 174 valence electrons. The van der Waals surface area contributed by atoms with Crippen LogP contribution in [0.1, 0.15) is 57.3 Å². The molecule has 1 fully saturated rings. The molecule has 32 heavy (non-hydrogen) atoms. The van der Waals surface area contributed by atoms with Gasteiger partial charge in [0, 0.05) is 16.5 Å². The Morgan fingerprint density at radius 1 is 1.00 bits per heavy atom. The standard InChI is InChI=1S/C12H11ClO3.C9H11Cl.C4H8O2/c1-7(14)10-6-11(15)16-12(10)8-2-4-9(13)5-3-8;1-2-3-8-4-6-9(10)7-5-8;1-3-4(5)6-2/h2-5,10,12H,6H2,1H3;4-7H,2-3H2,1H3;3H2,1-2H3/t10-,12-;;/m0../s1. The Kier molecular flexibility index (Phi) is 12.7. The molecule has 2 aromatic rings. The minimum atomic E-state index is -0.456. The third-order valence-electron chi connectivity index (χ3n) is 4.70. The summed E-state index contributed by atoms with van der Waals surface area (Å²) in [7, 11) is 1.38. The molecule has 1 heterocycles. The van der Waals surface area contributed by atoms with Gasteiger partial charge in [-0.25, -0.2) is 0 Å². The molecule has 7 heteroatoms. The monoisotopic (exact) mass is 480 g/mol. The van der Waals surface area contributed by atoms with E-state index in [1.165, 1.54) is 26.0 Å². The SMILES string of the molecule is CC(=O)[C@@H]1CC(=O)O[C@H]1c1ccc(Cl)cc1.CCC(=O)OC.CCCc1ccc(Cl)cc1. The Morgan fingerprint density at radius 3 is 1.94 bits per heavy atom. The summed E-state index contributed by atoms with van der Waals surface area (Å²) in [5.74, 6) is -0.866. The first kappa shape index (κ1) is 27.7. The van der Waals surface area contributed by atoms with Crippen LogP contribution < -0.4 is 0 Å². The van der Waals surface area contributed by atoms with Crippen molar-refractivity contribution in [2.75, 3.05) is 7.11 Å². The summed E-state index contributed by atoms with van der Waals surface area (Å²) in [6, 6.07) is 15.0. The predicted molar refractivity (Wildman–Crippen MR) is 127 cm³/mol. The van der Waals surface area contributed by atoms with Crippen LogP contribution in [0, 0.1) is 5.92 Å². The van der Waals surface area contributed by atoms with Gasteiger partial charge in [0.05, 0.1) is 19.4 Å². The number of hydrogen-bond acceptors (Lipinski definition) is 5. The molecule has 0 amide bonds. The molecule has 5 nitrogen and oxygen atoms in total. The van der Waals surface area contributed by atoms with E-state index in [0.29, 0.717) is 11.4 Å². The summed E-state index contributed by atoms with van der Waals surface area (Å²) in [6.45, 7) is 5.41. The highest BCUT2D eigenvalue weighted by atomic mass is 35.5. The molecule has 1 saturated heterocycles. The highest BCUT2D eigenvalue weighted by Gasteiger charge is 2.38. The van der Waals surface area contributed by atoms with Crippen molar-refractivity contribution in [1.29, 1.82) is 0 Å². The maximum Gasteiger partial charge on any atom is 0.307 e. The number of rotatable bonds is 5. The van der Waals surface area contributed by atoms with Gasteiger partial charge in [-0.1, -0.05) is 67.7 Å². The van der Waals surface area contributed by atoms with Crippen LogP contribution in [0.5, 0.6) is 0 Å². The molecule has 0 radical (unpaired) electrons. The molecule has 0 N–H and O–H groups in total. The van der Waals surface area contributed by atoms with Crippen molar-refractivity contribution in [3.05, 3.63) is 69.7 Å². The number of carbonyl (C=O) groups excluding carboxylic acids is 3. The van der Waals surface area contributed by atoms with Crippen LogP contribution in [0.25, 0.3) is 0 Å². The van der Waals surface area contributed by atoms with Crippen LogP contribution in [0.15, 0.2) is 48.5 Å². The lowest BCUT2D eigenvalue weighted by Gasteiger charge is -2.15. The van der Waals surface area contributed by atoms with Crippen LogP contribution in [-0.4, -0.2) is 24.8 Å². The zero-order valence-corrected chi connectivity index (χ0v) is 20.4. The molecule has 0 saturated carbocycles. The van der Waals surface area contributed by atoms with Crippen LogP contribution in [0.3, 0.4) is 0 Å². The summed E-state index contributed by atoms with van der Waals surface area (Å²) < 4.78 is 9.42. The molecule has 0 aromatic heterocycles. The molecule has 3 rings (SSSR count). The van der Waals surface area contributed by atoms with E-state index in [4.69, 9.17) is 27.9 Å². The second kappa shape index (κ2) is 14.6. The van der Waals surface area contributed by atoms with E-state index in [-0.39, 0.29) is 30.1 Å². The Bertz CT molecular complexity index is 857. The minimum Gasteiger partial charge on any atom is -0.469 e. The summed E-state index contributed by atoms with van der Waals surface area (Å²) in [5.41, 5.74) is 2.18. The topological polar surface area (TPSA) is 69.7 Å². The van der Waals surface area contributed by atoms with Gasteiger partial charge < -0.3 is 9.47 Å². The molecule has 1 aliphatic heterocycles. The highest BCUT2D eigenvalue weighted by Crippen LogP contribution is 2.36. The summed E-state index contributed by atoms with van der Waals surface area (Å²) in [6.07, 6.45) is 2.53. The number of aryl methyl sites for hydroxylation is 1. The molecule has 2 atom stereocenters. The quantitative estimate of drug-likeness (QED) is 0.463. The number of benzene rings is 2. The van der Waals surface area contributed by atoms with Gasteiger partial charge in [-0.15, -0.1) is 0 Å². The first-order valence-electron chi connectivity index (χ1n) is 10.5. The Morgan fingerprint density at radius 2 is 1.53 bits per heavy atom.